The van der Waals surface area contributed by atoms with Crippen LogP contribution in [0.5, 0.6) is 0 Å². The lowest BCUT2D eigenvalue weighted by atomic mass is 9.99. The van der Waals surface area contributed by atoms with Gasteiger partial charge >= 0.3 is 0 Å². The maximum atomic E-state index is 5.33. The van der Waals surface area contributed by atoms with Crippen molar-refractivity contribution in [2.75, 3.05) is 0 Å². The molecule has 0 saturated carbocycles. The van der Waals surface area contributed by atoms with Gasteiger partial charge in [-0.3, -0.25) is 0 Å². The average molecular weight is 839 g/mol. The van der Waals surface area contributed by atoms with Gasteiger partial charge in [-0.05, 0) is 58.7 Å². The van der Waals surface area contributed by atoms with Crippen LogP contribution in [0.4, 0.5) is 0 Å². The lowest BCUT2D eigenvalue weighted by Gasteiger charge is -2.15. The normalized spacial score (nSPS) is 11.8. The molecule has 0 saturated heterocycles. The van der Waals surface area contributed by atoms with E-state index in [0.717, 1.165) is 39.0 Å². The van der Waals surface area contributed by atoms with E-state index in [-0.39, 0.29) is 0 Å². The largest absolute Gasteiger partial charge is 0.308 e. The molecule has 0 atom stereocenters. The molecular formula is C57H34N4S2. The third kappa shape index (κ3) is 5.91. The Morgan fingerprint density at radius 3 is 1.52 bits per heavy atom. The molecule has 0 bridgehead atoms. The zero-order valence-corrected chi connectivity index (χ0v) is 35.4. The molecule has 4 aromatic heterocycles. The van der Waals surface area contributed by atoms with E-state index in [2.05, 4.69) is 187 Å². The molecule has 294 valence electrons. The monoisotopic (exact) mass is 838 g/mol. The van der Waals surface area contributed by atoms with E-state index < -0.39 is 0 Å². The first-order valence-corrected chi connectivity index (χ1v) is 22.7. The van der Waals surface area contributed by atoms with Crippen LogP contribution in [0.3, 0.4) is 0 Å². The van der Waals surface area contributed by atoms with Crippen LogP contribution >= 0.6 is 22.7 Å². The molecule has 9 aromatic carbocycles. The Kier molecular flexibility index (Phi) is 8.22. The number of benzene rings is 9. The molecule has 0 aliphatic rings. The summed E-state index contributed by atoms with van der Waals surface area (Å²) >= 11 is 3.72. The van der Waals surface area contributed by atoms with Gasteiger partial charge in [0.1, 0.15) is 0 Å². The van der Waals surface area contributed by atoms with Crippen molar-refractivity contribution >= 4 is 84.8 Å². The van der Waals surface area contributed by atoms with Gasteiger partial charge in [0.15, 0.2) is 17.5 Å². The Morgan fingerprint density at radius 1 is 0.317 bits per heavy atom. The van der Waals surface area contributed by atoms with Crippen molar-refractivity contribution in [1.82, 2.24) is 19.5 Å². The van der Waals surface area contributed by atoms with E-state index >= 15 is 0 Å². The average Bonchev–Trinajstić information content (AvgIpc) is 4.04. The number of nitrogens with zero attached hydrogens (tertiary/aromatic N) is 4. The third-order valence-electron chi connectivity index (χ3n) is 12.2. The van der Waals surface area contributed by atoms with Crippen LogP contribution in [0.15, 0.2) is 206 Å². The van der Waals surface area contributed by atoms with Crippen molar-refractivity contribution in [3.63, 3.8) is 0 Å². The number of rotatable bonds is 6. The highest BCUT2D eigenvalue weighted by molar-refractivity contribution is 7.27. The van der Waals surface area contributed by atoms with Crippen molar-refractivity contribution < 1.29 is 0 Å². The summed E-state index contributed by atoms with van der Waals surface area (Å²) in [6, 6.07) is 73.8. The molecule has 0 N–H and O–H groups in total. The van der Waals surface area contributed by atoms with Crippen LogP contribution in [0.2, 0.25) is 0 Å². The summed E-state index contributed by atoms with van der Waals surface area (Å²) in [6.45, 7) is 0. The fraction of sp³-hybridized carbons (Fsp3) is 0. The molecule has 4 heterocycles. The van der Waals surface area contributed by atoms with E-state index in [1.165, 1.54) is 67.8 Å². The van der Waals surface area contributed by atoms with Gasteiger partial charge in [-0.1, -0.05) is 170 Å². The van der Waals surface area contributed by atoms with E-state index in [0.29, 0.717) is 17.5 Å². The Labute approximate surface area is 370 Å². The molecule has 6 heteroatoms. The van der Waals surface area contributed by atoms with Crippen LogP contribution in [-0.2, 0) is 0 Å². The smallest absolute Gasteiger partial charge is 0.164 e. The minimum Gasteiger partial charge on any atom is -0.308 e. The Balaban J connectivity index is 1.10. The first-order chi connectivity index (χ1) is 31.2. The molecular weight excluding hydrogens is 805 g/mol. The molecule has 0 fully saturated rings. The lowest BCUT2D eigenvalue weighted by Crippen LogP contribution is -2.02. The van der Waals surface area contributed by atoms with Crippen LogP contribution in [-0.4, -0.2) is 19.5 Å². The van der Waals surface area contributed by atoms with Crippen LogP contribution in [0.1, 0.15) is 0 Å². The molecule has 0 aliphatic heterocycles. The predicted octanol–water partition coefficient (Wildman–Crippen LogP) is 16.0. The van der Waals surface area contributed by atoms with Gasteiger partial charge in [-0.15, -0.1) is 22.7 Å². The highest BCUT2D eigenvalue weighted by Gasteiger charge is 2.21. The van der Waals surface area contributed by atoms with Crippen molar-refractivity contribution in [2.24, 2.45) is 0 Å². The zero-order chi connectivity index (χ0) is 41.4. The first kappa shape index (κ1) is 35.9. The molecule has 0 spiro atoms. The Bertz CT molecular complexity index is 3900. The fourth-order valence-electron chi connectivity index (χ4n) is 9.29. The van der Waals surface area contributed by atoms with E-state index in [1.807, 2.05) is 46.9 Å². The van der Waals surface area contributed by atoms with Gasteiger partial charge in [0.25, 0.3) is 0 Å². The highest BCUT2D eigenvalue weighted by atomic mass is 32.1. The van der Waals surface area contributed by atoms with Crippen molar-refractivity contribution in [3.8, 4) is 62.1 Å². The summed E-state index contributed by atoms with van der Waals surface area (Å²) in [5.41, 5.74) is 10.8. The molecule has 0 unspecified atom stereocenters. The van der Waals surface area contributed by atoms with Crippen molar-refractivity contribution in [2.45, 2.75) is 0 Å². The van der Waals surface area contributed by atoms with Crippen molar-refractivity contribution in [1.29, 1.82) is 0 Å². The Morgan fingerprint density at radius 2 is 0.810 bits per heavy atom. The summed E-state index contributed by atoms with van der Waals surface area (Å²) in [5, 5.41) is 7.54. The summed E-state index contributed by atoms with van der Waals surface area (Å²) in [5.74, 6) is 1.87. The van der Waals surface area contributed by atoms with Gasteiger partial charge in [0.05, 0.1) is 15.7 Å². The molecule has 0 radical (unpaired) electrons. The number of thiophene rings is 2. The standard InChI is InChI=1S/C57H34N4S2/c1-3-14-35(15-4-1)36-26-28-38(29-27-36)56-58-55(37-16-5-2-6-17-37)59-57(60-56)40-32-39(42-21-13-22-47-44-19-8-11-24-50(44)62-53(42)47)33-41(34-40)61-49-23-10-7-18-43(49)46-30-31-48-45-20-9-12-25-51(45)63-54(48)52(46)61/h1-34H. The SMILES string of the molecule is c1ccc(-c2ccc(-c3nc(-c4ccccc4)nc(-c4cc(-c5cccc6c5sc5ccccc56)cc(-n5c6ccccc6c6ccc7c8ccccc8sc7c65)c4)n3)cc2)cc1. The molecule has 4 nitrogen and oxygen atoms in total. The molecule has 13 rings (SSSR count). The van der Waals surface area contributed by atoms with Gasteiger partial charge < -0.3 is 4.57 Å². The summed E-state index contributed by atoms with van der Waals surface area (Å²) < 4.78 is 7.57. The van der Waals surface area contributed by atoms with Gasteiger partial charge in [-0.2, -0.15) is 0 Å². The molecule has 63 heavy (non-hydrogen) atoms. The second kappa shape index (κ2) is 14.4. The van der Waals surface area contributed by atoms with Crippen LogP contribution in [0.25, 0.3) is 124 Å². The number of fused-ring (bicyclic) bond motifs is 10. The first-order valence-electron chi connectivity index (χ1n) is 21.1. The van der Waals surface area contributed by atoms with Gasteiger partial charge in [0.2, 0.25) is 0 Å². The van der Waals surface area contributed by atoms with Crippen LogP contribution < -0.4 is 0 Å². The van der Waals surface area contributed by atoms with Crippen LogP contribution in [0, 0.1) is 0 Å². The van der Waals surface area contributed by atoms with E-state index in [9.17, 15) is 0 Å². The van der Waals surface area contributed by atoms with E-state index in [4.69, 9.17) is 15.0 Å². The topological polar surface area (TPSA) is 43.6 Å². The predicted molar refractivity (Wildman–Crippen MR) is 267 cm³/mol. The van der Waals surface area contributed by atoms with Crippen molar-refractivity contribution in [3.05, 3.63) is 206 Å². The number of hydrogen-bond acceptors (Lipinski definition) is 5. The third-order valence-corrected chi connectivity index (χ3v) is 14.7. The fourth-order valence-corrected chi connectivity index (χ4v) is 11.8. The highest BCUT2D eigenvalue weighted by Crippen LogP contribution is 2.45. The number of hydrogen-bond donors (Lipinski definition) is 0. The zero-order valence-electron chi connectivity index (χ0n) is 33.7. The Hall–Kier alpha value is -7.77. The molecule has 0 amide bonds. The molecule has 0 aliphatic carbocycles. The van der Waals surface area contributed by atoms with Gasteiger partial charge in [-0.25, -0.2) is 15.0 Å². The summed E-state index contributed by atoms with van der Waals surface area (Å²) in [4.78, 5) is 15.8. The maximum absolute atomic E-state index is 5.33. The molecule has 13 aromatic rings. The maximum Gasteiger partial charge on any atom is 0.164 e. The second-order valence-electron chi connectivity index (χ2n) is 16.0. The lowest BCUT2D eigenvalue weighted by molar-refractivity contribution is 1.07. The second-order valence-corrected chi connectivity index (χ2v) is 18.1. The van der Waals surface area contributed by atoms with Gasteiger partial charge in [0, 0.05) is 68.8 Å². The summed E-state index contributed by atoms with van der Waals surface area (Å²) in [6.07, 6.45) is 0. The quantitative estimate of drug-likeness (QED) is 0.168. The summed E-state index contributed by atoms with van der Waals surface area (Å²) in [7, 11) is 0. The minimum absolute atomic E-state index is 0.616. The number of para-hydroxylation sites is 1. The van der Waals surface area contributed by atoms with E-state index in [1.54, 1.807) is 0 Å². The minimum atomic E-state index is 0.616. The number of aromatic nitrogens is 4.